The van der Waals surface area contributed by atoms with Crippen molar-refractivity contribution < 1.29 is 18.0 Å². The Morgan fingerprint density at radius 1 is 1.41 bits per heavy atom. The lowest BCUT2D eigenvalue weighted by molar-refractivity contribution is -0.137. The van der Waals surface area contributed by atoms with Crippen molar-refractivity contribution in [2.75, 3.05) is 12.0 Å². The van der Waals surface area contributed by atoms with Crippen molar-refractivity contribution >= 4 is 11.8 Å². The SMILES string of the molecule is CCNC(=O)NNc1ccc(C(F)(F)F)cn1. The Labute approximate surface area is 95.4 Å². The number of carbonyl (C=O) groups is 1. The summed E-state index contributed by atoms with van der Waals surface area (Å²) in [6.07, 6.45) is -3.74. The molecule has 0 spiro atoms. The fraction of sp³-hybridized carbons (Fsp3) is 0.333. The Balaban J connectivity index is 2.54. The molecule has 0 aliphatic heterocycles. The molecule has 0 unspecified atom stereocenters. The summed E-state index contributed by atoms with van der Waals surface area (Å²) in [7, 11) is 0. The maximum atomic E-state index is 12.2. The predicted octanol–water partition coefficient (Wildman–Crippen LogP) is 1.75. The van der Waals surface area contributed by atoms with Crippen LogP contribution in [0.4, 0.5) is 23.8 Å². The summed E-state index contributed by atoms with van der Waals surface area (Å²) in [5.41, 5.74) is 3.74. The van der Waals surface area contributed by atoms with E-state index < -0.39 is 17.8 Å². The quantitative estimate of drug-likeness (QED) is 0.714. The van der Waals surface area contributed by atoms with Gasteiger partial charge in [0.15, 0.2) is 0 Å². The topological polar surface area (TPSA) is 66.1 Å². The number of pyridine rings is 1. The molecule has 0 radical (unpaired) electrons. The van der Waals surface area contributed by atoms with Crippen LogP contribution in [0.15, 0.2) is 18.3 Å². The van der Waals surface area contributed by atoms with E-state index >= 15 is 0 Å². The van der Waals surface area contributed by atoms with Crippen LogP contribution in [0.3, 0.4) is 0 Å². The van der Waals surface area contributed by atoms with E-state index in [-0.39, 0.29) is 5.82 Å². The monoisotopic (exact) mass is 248 g/mol. The Bertz CT molecular complexity index is 377. The lowest BCUT2D eigenvalue weighted by Gasteiger charge is -2.09. The Morgan fingerprint density at radius 3 is 2.59 bits per heavy atom. The Hall–Kier alpha value is -1.99. The number of carbonyl (C=O) groups excluding carboxylic acids is 1. The van der Waals surface area contributed by atoms with Crippen LogP contribution in [0.25, 0.3) is 0 Å². The Morgan fingerprint density at radius 2 is 2.12 bits per heavy atom. The zero-order valence-corrected chi connectivity index (χ0v) is 8.93. The van der Waals surface area contributed by atoms with Gasteiger partial charge >= 0.3 is 12.2 Å². The summed E-state index contributed by atoms with van der Waals surface area (Å²) in [5, 5.41) is 2.43. The second-order valence-electron chi connectivity index (χ2n) is 3.04. The van der Waals surface area contributed by atoms with Crippen molar-refractivity contribution in [3.8, 4) is 0 Å². The van der Waals surface area contributed by atoms with E-state index in [0.29, 0.717) is 12.7 Å². The summed E-state index contributed by atoms with van der Waals surface area (Å²) >= 11 is 0. The van der Waals surface area contributed by atoms with Gasteiger partial charge in [-0.05, 0) is 19.1 Å². The van der Waals surface area contributed by atoms with Gasteiger partial charge < -0.3 is 5.32 Å². The first-order valence-electron chi connectivity index (χ1n) is 4.76. The molecule has 0 saturated heterocycles. The van der Waals surface area contributed by atoms with Gasteiger partial charge in [-0.15, -0.1) is 0 Å². The maximum absolute atomic E-state index is 12.2. The first kappa shape index (κ1) is 13.1. The number of alkyl halides is 3. The van der Waals surface area contributed by atoms with Crippen molar-refractivity contribution in [1.82, 2.24) is 15.7 Å². The molecule has 17 heavy (non-hydrogen) atoms. The summed E-state index contributed by atoms with van der Waals surface area (Å²) < 4.78 is 36.6. The number of halogens is 3. The zero-order valence-electron chi connectivity index (χ0n) is 8.93. The molecular formula is C9H11F3N4O. The summed E-state index contributed by atoms with van der Waals surface area (Å²) in [5.74, 6) is 0.115. The summed E-state index contributed by atoms with van der Waals surface area (Å²) in [6, 6.07) is 1.50. The minimum Gasteiger partial charge on any atom is -0.337 e. The number of hydrogen-bond donors (Lipinski definition) is 3. The van der Waals surface area contributed by atoms with Crippen LogP contribution in [0.2, 0.25) is 0 Å². The average molecular weight is 248 g/mol. The number of nitrogens with one attached hydrogen (secondary N) is 3. The lowest BCUT2D eigenvalue weighted by atomic mass is 10.3. The fourth-order valence-corrected chi connectivity index (χ4v) is 0.961. The highest BCUT2D eigenvalue weighted by molar-refractivity contribution is 5.75. The van der Waals surface area contributed by atoms with Crippen molar-refractivity contribution in [2.24, 2.45) is 0 Å². The largest absolute Gasteiger partial charge is 0.417 e. The number of nitrogens with zero attached hydrogens (tertiary/aromatic N) is 1. The molecule has 1 aromatic rings. The fourth-order valence-electron chi connectivity index (χ4n) is 0.961. The van der Waals surface area contributed by atoms with Crippen molar-refractivity contribution in [2.45, 2.75) is 13.1 Å². The van der Waals surface area contributed by atoms with E-state index in [1.54, 1.807) is 6.92 Å². The second-order valence-corrected chi connectivity index (χ2v) is 3.04. The first-order valence-corrected chi connectivity index (χ1v) is 4.76. The van der Waals surface area contributed by atoms with Crippen molar-refractivity contribution in [3.63, 3.8) is 0 Å². The molecule has 3 N–H and O–H groups in total. The standard InChI is InChI=1S/C9H11F3N4O/c1-2-13-8(17)16-15-7-4-3-6(5-14-7)9(10,11)12/h3-5H,2H2,1H3,(H,14,15)(H2,13,16,17). The molecule has 2 amide bonds. The second kappa shape index (κ2) is 5.37. The molecule has 1 heterocycles. The van der Waals surface area contributed by atoms with Gasteiger partial charge in [-0.3, -0.25) is 10.9 Å². The molecular weight excluding hydrogens is 237 g/mol. The zero-order chi connectivity index (χ0) is 12.9. The molecule has 8 heteroatoms. The van der Waals surface area contributed by atoms with Gasteiger partial charge in [0.2, 0.25) is 0 Å². The third-order valence-corrected chi connectivity index (χ3v) is 1.73. The normalized spacial score (nSPS) is 10.8. The molecule has 5 nitrogen and oxygen atoms in total. The maximum Gasteiger partial charge on any atom is 0.417 e. The lowest BCUT2D eigenvalue weighted by Crippen LogP contribution is -2.39. The van der Waals surface area contributed by atoms with Gasteiger partial charge in [0.1, 0.15) is 5.82 Å². The van der Waals surface area contributed by atoms with E-state index in [2.05, 4.69) is 21.2 Å². The van der Waals surface area contributed by atoms with E-state index in [0.717, 1.165) is 12.1 Å². The smallest absolute Gasteiger partial charge is 0.337 e. The first-order chi connectivity index (χ1) is 7.93. The molecule has 1 aromatic heterocycles. The van der Waals surface area contributed by atoms with E-state index in [1.807, 2.05) is 0 Å². The average Bonchev–Trinajstić information content (AvgIpc) is 2.26. The van der Waals surface area contributed by atoms with Crippen LogP contribution in [0.5, 0.6) is 0 Å². The van der Waals surface area contributed by atoms with Crippen LogP contribution < -0.4 is 16.2 Å². The highest BCUT2D eigenvalue weighted by atomic mass is 19.4. The van der Waals surface area contributed by atoms with Gasteiger partial charge in [0, 0.05) is 12.7 Å². The van der Waals surface area contributed by atoms with Crippen LogP contribution in [-0.2, 0) is 6.18 Å². The third-order valence-electron chi connectivity index (χ3n) is 1.73. The molecule has 0 aliphatic rings. The number of hydrazine groups is 1. The number of aromatic nitrogens is 1. The highest BCUT2D eigenvalue weighted by Crippen LogP contribution is 2.28. The van der Waals surface area contributed by atoms with Gasteiger partial charge in [0.25, 0.3) is 0 Å². The predicted molar refractivity (Wildman–Crippen MR) is 55.1 cm³/mol. The van der Waals surface area contributed by atoms with Gasteiger partial charge in [0.05, 0.1) is 5.56 Å². The number of hydrogen-bond acceptors (Lipinski definition) is 3. The van der Waals surface area contributed by atoms with Crippen molar-refractivity contribution in [3.05, 3.63) is 23.9 Å². The summed E-state index contributed by atoms with van der Waals surface area (Å²) in [4.78, 5) is 14.5. The minimum absolute atomic E-state index is 0.115. The molecule has 1 rings (SSSR count). The molecule has 0 aromatic carbocycles. The number of rotatable bonds is 3. The van der Waals surface area contributed by atoms with Crippen LogP contribution in [-0.4, -0.2) is 17.6 Å². The number of urea groups is 1. The van der Waals surface area contributed by atoms with Gasteiger partial charge in [-0.25, -0.2) is 9.78 Å². The molecule has 94 valence electrons. The van der Waals surface area contributed by atoms with Crippen molar-refractivity contribution in [1.29, 1.82) is 0 Å². The van der Waals surface area contributed by atoms with Crippen LogP contribution in [0.1, 0.15) is 12.5 Å². The third kappa shape index (κ3) is 4.17. The minimum atomic E-state index is -4.42. The summed E-state index contributed by atoms with van der Waals surface area (Å²) in [6.45, 7) is 2.17. The molecule has 0 fully saturated rings. The van der Waals surface area contributed by atoms with E-state index in [4.69, 9.17) is 0 Å². The van der Waals surface area contributed by atoms with Gasteiger partial charge in [-0.1, -0.05) is 0 Å². The van der Waals surface area contributed by atoms with Crippen LogP contribution >= 0.6 is 0 Å². The molecule has 0 bridgehead atoms. The molecule has 0 saturated carbocycles. The van der Waals surface area contributed by atoms with Crippen LogP contribution in [0, 0.1) is 0 Å². The van der Waals surface area contributed by atoms with E-state index in [1.165, 1.54) is 0 Å². The van der Waals surface area contributed by atoms with E-state index in [9.17, 15) is 18.0 Å². The Kier molecular flexibility index (Phi) is 4.13. The molecule has 0 atom stereocenters. The highest BCUT2D eigenvalue weighted by Gasteiger charge is 2.30. The molecule has 0 aliphatic carbocycles. The number of anilines is 1. The van der Waals surface area contributed by atoms with Gasteiger partial charge in [-0.2, -0.15) is 13.2 Å². The number of amides is 2.